The van der Waals surface area contributed by atoms with E-state index in [2.05, 4.69) is 20.7 Å². The average molecular weight is 224 g/mol. The Kier molecular flexibility index (Phi) is 2.37. The highest BCUT2D eigenvalue weighted by molar-refractivity contribution is 5.96. The van der Waals surface area contributed by atoms with Crippen LogP contribution in [0.15, 0.2) is 6.20 Å². The number of amides is 1. The Hall–Kier alpha value is -1.92. The number of aliphatic carboxylic acids is 1. The van der Waals surface area contributed by atoms with E-state index in [0.717, 1.165) is 12.8 Å². The minimum absolute atomic E-state index is 0.000788. The summed E-state index contributed by atoms with van der Waals surface area (Å²) in [6, 6.07) is 0. The van der Waals surface area contributed by atoms with Crippen LogP contribution in [0.4, 0.5) is 0 Å². The van der Waals surface area contributed by atoms with E-state index >= 15 is 0 Å². The monoisotopic (exact) mass is 224 g/mol. The van der Waals surface area contributed by atoms with E-state index < -0.39 is 17.4 Å². The number of nitrogens with one attached hydrogen (secondary N) is 2. The van der Waals surface area contributed by atoms with Crippen LogP contribution in [-0.4, -0.2) is 37.9 Å². The standard InChI is InChI=1S/C9H12N4O3/c1-9(8(15)16,5-2-3-5)11-7(14)6-4-10-13-12-6/h4-5H,2-3H2,1H3,(H,11,14)(H,15,16)(H,10,12,13). The molecule has 1 aromatic rings. The molecule has 0 aliphatic heterocycles. The molecule has 3 N–H and O–H groups in total. The van der Waals surface area contributed by atoms with Gasteiger partial charge in [-0.25, -0.2) is 4.79 Å². The molecule has 2 rings (SSSR count). The molecular formula is C9H12N4O3. The minimum Gasteiger partial charge on any atom is -0.480 e. The Bertz CT molecular complexity index is 412. The van der Waals surface area contributed by atoms with E-state index in [1.807, 2.05) is 0 Å². The SMILES string of the molecule is CC(NC(=O)c1cn[nH]n1)(C(=O)O)C1CC1. The highest BCUT2D eigenvalue weighted by atomic mass is 16.4. The predicted octanol–water partition coefficient (Wildman–Crippen LogP) is -0.212. The molecule has 86 valence electrons. The molecule has 1 heterocycles. The smallest absolute Gasteiger partial charge is 0.329 e. The third kappa shape index (κ3) is 1.75. The van der Waals surface area contributed by atoms with Crippen LogP contribution in [0.5, 0.6) is 0 Å². The van der Waals surface area contributed by atoms with Gasteiger partial charge in [-0.15, -0.1) is 0 Å². The second-order valence-electron chi connectivity index (χ2n) is 4.09. The topological polar surface area (TPSA) is 108 Å². The fourth-order valence-corrected chi connectivity index (χ4v) is 1.60. The number of carbonyl (C=O) groups excluding carboxylic acids is 1. The van der Waals surface area contributed by atoms with Gasteiger partial charge in [0.2, 0.25) is 0 Å². The lowest BCUT2D eigenvalue weighted by Crippen LogP contribution is -2.54. The summed E-state index contributed by atoms with van der Waals surface area (Å²) >= 11 is 0. The number of rotatable bonds is 4. The summed E-state index contributed by atoms with van der Waals surface area (Å²) in [6.07, 6.45) is 2.90. The zero-order chi connectivity index (χ0) is 11.8. The first-order valence-electron chi connectivity index (χ1n) is 4.95. The fraction of sp³-hybridized carbons (Fsp3) is 0.556. The van der Waals surface area contributed by atoms with Gasteiger partial charge in [-0.05, 0) is 25.7 Å². The van der Waals surface area contributed by atoms with Crippen molar-refractivity contribution in [1.82, 2.24) is 20.7 Å². The van der Waals surface area contributed by atoms with Crippen LogP contribution in [0.1, 0.15) is 30.3 Å². The maximum atomic E-state index is 11.7. The van der Waals surface area contributed by atoms with Gasteiger partial charge < -0.3 is 10.4 Å². The number of hydrogen-bond acceptors (Lipinski definition) is 4. The summed E-state index contributed by atoms with van der Waals surface area (Å²) in [4.78, 5) is 22.8. The molecule has 1 atom stereocenters. The van der Waals surface area contributed by atoms with Crippen molar-refractivity contribution >= 4 is 11.9 Å². The van der Waals surface area contributed by atoms with Crippen molar-refractivity contribution < 1.29 is 14.7 Å². The molecule has 1 aliphatic rings. The molecular weight excluding hydrogens is 212 g/mol. The Morgan fingerprint density at radius 1 is 1.62 bits per heavy atom. The summed E-state index contributed by atoms with van der Waals surface area (Å²) in [6.45, 7) is 1.52. The maximum absolute atomic E-state index is 11.7. The number of nitrogens with zero attached hydrogens (tertiary/aromatic N) is 2. The van der Waals surface area contributed by atoms with Crippen molar-refractivity contribution in [2.75, 3.05) is 0 Å². The minimum atomic E-state index is -1.21. The third-order valence-corrected chi connectivity index (χ3v) is 2.86. The molecule has 0 radical (unpaired) electrons. The van der Waals surface area contributed by atoms with E-state index in [1.54, 1.807) is 0 Å². The maximum Gasteiger partial charge on any atom is 0.329 e. The molecule has 0 aromatic carbocycles. The van der Waals surface area contributed by atoms with Crippen molar-refractivity contribution in [2.24, 2.45) is 5.92 Å². The van der Waals surface area contributed by atoms with E-state index in [4.69, 9.17) is 5.11 Å². The molecule has 7 heteroatoms. The van der Waals surface area contributed by atoms with Gasteiger partial charge in [0.05, 0.1) is 6.20 Å². The zero-order valence-electron chi connectivity index (χ0n) is 8.73. The van der Waals surface area contributed by atoms with Crippen LogP contribution in [0.2, 0.25) is 0 Å². The van der Waals surface area contributed by atoms with Crippen molar-refractivity contribution in [2.45, 2.75) is 25.3 Å². The molecule has 1 saturated carbocycles. The van der Waals surface area contributed by atoms with Crippen molar-refractivity contribution in [1.29, 1.82) is 0 Å². The van der Waals surface area contributed by atoms with Crippen molar-refractivity contribution in [3.8, 4) is 0 Å². The quantitative estimate of drug-likeness (QED) is 0.655. The van der Waals surface area contributed by atoms with Gasteiger partial charge in [0, 0.05) is 0 Å². The van der Waals surface area contributed by atoms with Crippen LogP contribution in [0.3, 0.4) is 0 Å². The van der Waals surface area contributed by atoms with E-state index in [-0.39, 0.29) is 11.6 Å². The number of aromatic nitrogens is 3. The molecule has 0 saturated heterocycles. The second-order valence-corrected chi connectivity index (χ2v) is 4.09. The summed E-state index contributed by atoms with van der Waals surface area (Å²) in [5.41, 5.74) is -1.12. The molecule has 1 unspecified atom stereocenters. The molecule has 1 aromatic heterocycles. The highest BCUT2D eigenvalue weighted by Gasteiger charge is 2.48. The van der Waals surface area contributed by atoms with Crippen LogP contribution in [0, 0.1) is 5.92 Å². The Morgan fingerprint density at radius 3 is 2.75 bits per heavy atom. The van der Waals surface area contributed by atoms with Gasteiger partial charge in [-0.1, -0.05) is 0 Å². The number of H-pyrrole nitrogens is 1. The second kappa shape index (κ2) is 3.58. The average Bonchev–Trinajstić information content (AvgIpc) is 2.94. The first-order valence-corrected chi connectivity index (χ1v) is 4.95. The van der Waals surface area contributed by atoms with E-state index in [1.165, 1.54) is 13.1 Å². The molecule has 0 spiro atoms. The number of aromatic amines is 1. The highest BCUT2D eigenvalue weighted by Crippen LogP contribution is 2.39. The lowest BCUT2D eigenvalue weighted by molar-refractivity contribution is -0.144. The van der Waals surface area contributed by atoms with Crippen LogP contribution in [0.25, 0.3) is 0 Å². The normalized spacial score (nSPS) is 18.8. The van der Waals surface area contributed by atoms with Gasteiger partial charge in [-0.3, -0.25) is 4.79 Å². The summed E-state index contributed by atoms with van der Waals surface area (Å²) in [7, 11) is 0. The van der Waals surface area contributed by atoms with E-state index in [0.29, 0.717) is 0 Å². The van der Waals surface area contributed by atoms with Gasteiger partial charge in [-0.2, -0.15) is 15.4 Å². The molecule has 1 amide bonds. The third-order valence-electron chi connectivity index (χ3n) is 2.86. The van der Waals surface area contributed by atoms with Gasteiger partial charge >= 0.3 is 5.97 Å². The predicted molar refractivity (Wildman–Crippen MR) is 52.6 cm³/mol. The fourth-order valence-electron chi connectivity index (χ4n) is 1.60. The summed E-state index contributed by atoms with van der Waals surface area (Å²) in [5, 5.41) is 21.0. The lowest BCUT2D eigenvalue weighted by Gasteiger charge is -2.25. The van der Waals surface area contributed by atoms with Crippen LogP contribution >= 0.6 is 0 Å². The molecule has 16 heavy (non-hydrogen) atoms. The number of carbonyl (C=O) groups is 2. The van der Waals surface area contributed by atoms with Crippen LogP contribution < -0.4 is 5.32 Å². The number of carboxylic acids is 1. The van der Waals surface area contributed by atoms with Crippen molar-refractivity contribution in [3.05, 3.63) is 11.9 Å². The van der Waals surface area contributed by atoms with Crippen molar-refractivity contribution in [3.63, 3.8) is 0 Å². The van der Waals surface area contributed by atoms with Gasteiger partial charge in [0.1, 0.15) is 5.54 Å². The Labute approximate surface area is 91.2 Å². The molecule has 7 nitrogen and oxygen atoms in total. The van der Waals surface area contributed by atoms with Gasteiger partial charge in [0.25, 0.3) is 5.91 Å². The Balaban J connectivity index is 2.12. The first kappa shape index (κ1) is 10.6. The molecule has 0 bridgehead atoms. The van der Waals surface area contributed by atoms with Crippen LogP contribution in [-0.2, 0) is 4.79 Å². The molecule has 1 fully saturated rings. The lowest BCUT2D eigenvalue weighted by atomic mass is 9.96. The zero-order valence-corrected chi connectivity index (χ0v) is 8.73. The summed E-state index contributed by atoms with van der Waals surface area (Å²) < 4.78 is 0. The molecule has 1 aliphatic carbocycles. The van der Waals surface area contributed by atoms with E-state index in [9.17, 15) is 9.59 Å². The summed E-state index contributed by atoms with van der Waals surface area (Å²) in [5.74, 6) is -1.54. The largest absolute Gasteiger partial charge is 0.480 e. The first-order chi connectivity index (χ1) is 7.54. The van der Waals surface area contributed by atoms with Gasteiger partial charge in [0.15, 0.2) is 5.69 Å². The number of hydrogen-bond donors (Lipinski definition) is 3. The number of carboxylic acid groups (broad SMARTS) is 1. The Morgan fingerprint density at radius 2 is 2.31 bits per heavy atom.